The third-order valence-electron chi connectivity index (χ3n) is 3.63. The van der Waals surface area contributed by atoms with Crippen molar-refractivity contribution in [2.24, 2.45) is 0 Å². The van der Waals surface area contributed by atoms with Gasteiger partial charge in [0, 0.05) is 29.6 Å². The number of aromatic amines is 1. The topological polar surface area (TPSA) is 60.0 Å². The fourth-order valence-corrected chi connectivity index (χ4v) is 3.07. The minimum absolute atomic E-state index is 0.328. The molecule has 2 aromatic heterocycles. The van der Waals surface area contributed by atoms with Crippen LogP contribution in [-0.2, 0) is 5.75 Å². The highest BCUT2D eigenvalue weighted by Crippen LogP contribution is 2.30. The Labute approximate surface area is 156 Å². The van der Waals surface area contributed by atoms with Gasteiger partial charge in [0.2, 0.25) is 0 Å². The molecule has 0 atom stereocenters. The highest BCUT2D eigenvalue weighted by Gasteiger charge is 2.44. The molecule has 144 valence electrons. The van der Waals surface area contributed by atoms with E-state index in [4.69, 9.17) is 4.74 Å². The fraction of sp³-hybridized carbons (Fsp3) is 0.294. The number of hydrogen-bond donors (Lipinski definition) is 1. The van der Waals surface area contributed by atoms with E-state index in [0.29, 0.717) is 21.9 Å². The summed E-state index contributed by atoms with van der Waals surface area (Å²) in [5, 5.41) is 0.532. The van der Waals surface area contributed by atoms with E-state index in [9.17, 15) is 17.6 Å². The molecule has 27 heavy (non-hydrogen) atoms. The average molecular weight is 401 g/mol. The number of halogens is 4. The van der Waals surface area contributed by atoms with Crippen molar-refractivity contribution < 1.29 is 27.0 Å². The molecular formula is C17H15F4N3O2S. The van der Waals surface area contributed by atoms with Crippen LogP contribution >= 0.6 is 11.8 Å². The molecule has 2 heterocycles. The molecule has 0 unspecified atom stereocenters. The Morgan fingerprint density at radius 1 is 1.26 bits per heavy atom. The number of alkyl halides is 4. The number of nitrogens with one attached hydrogen (secondary N) is 1. The van der Waals surface area contributed by atoms with Gasteiger partial charge in [0.1, 0.15) is 11.5 Å². The third-order valence-corrected chi connectivity index (χ3v) is 4.53. The van der Waals surface area contributed by atoms with Gasteiger partial charge in [0.05, 0.1) is 23.8 Å². The summed E-state index contributed by atoms with van der Waals surface area (Å²) in [6, 6.07) is 5.62. The summed E-state index contributed by atoms with van der Waals surface area (Å²) in [4.78, 5) is 11.6. The lowest BCUT2D eigenvalue weighted by molar-refractivity contribution is -0.253. The van der Waals surface area contributed by atoms with Gasteiger partial charge < -0.3 is 14.5 Å². The first-order valence-electron chi connectivity index (χ1n) is 7.75. The van der Waals surface area contributed by atoms with Crippen molar-refractivity contribution in [3.05, 3.63) is 41.7 Å². The standard InChI is InChI=1S/C17H15F4N3O2S/c1-9-7-22-10(5-14(9)25-2)8-27-16-23-12-4-3-11(6-13(12)24-16)26-17(20,21)15(18)19/h3-7,15H,8H2,1-2H3,(H,23,24). The lowest BCUT2D eigenvalue weighted by Gasteiger charge is -2.16. The van der Waals surface area contributed by atoms with Gasteiger partial charge in [-0.1, -0.05) is 11.8 Å². The summed E-state index contributed by atoms with van der Waals surface area (Å²) in [6.07, 6.45) is -6.77. The number of benzene rings is 1. The number of methoxy groups -OCH3 is 1. The molecule has 0 fully saturated rings. The summed E-state index contributed by atoms with van der Waals surface area (Å²) in [7, 11) is 1.58. The molecule has 0 spiro atoms. The van der Waals surface area contributed by atoms with E-state index in [0.717, 1.165) is 17.0 Å². The van der Waals surface area contributed by atoms with Crippen molar-refractivity contribution >= 4 is 22.8 Å². The largest absolute Gasteiger partial charge is 0.496 e. The average Bonchev–Trinajstić information content (AvgIpc) is 3.02. The fourth-order valence-electron chi connectivity index (χ4n) is 2.28. The summed E-state index contributed by atoms with van der Waals surface area (Å²) < 4.78 is 59.8. The molecule has 0 saturated carbocycles. The second-order valence-electron chi connectivity index (χ2n) is 5.62. The number of nitrogens with zero attached hydrogens (tertiary/aromatic N) is 2. The van der Waals surface area contributed by atoms with Gasteiger partial charge in [-0.25, -0.2) is 4.98 Å². The molecule has 1 N–H and O–H groups in total. The van der Waals surface area contributed by atoms with Crippen molar-refractivity contribution in [1.29, 1.82) is 0 Å². The highest BCUT2D eigenvalue weighted by atomic mass is 32.2. The van der Waals surface area contributed by atoms with Crippen molar-refractivity contribution in [1.82, 2.24) is 15.0 Å². The molecule has 0 aliphatic rings. The number of fused-ring (bicyclic) bond motifs is 1. The number of imidazole rings is 1. The SMILES string of the molecule is COc1cc(CSc2nc3cc(OC(F)(F)C(F)F)ccc3[nH]2)ncc1C. The second-order valence-corrected chi connectivity index (χ2v) is 6.58. The highest BCUT2D eigenvalue weighted by molar-refractivity contribution is 7.98. The van der Waals surface area contributed by atoms with Crippen LogP contribution in [0.25, 0.3) is 11.0 Å². The molecule has 0 aliphatic heterocycles. The van der Waals surface area contributed by atoms with Crippen molar-refractivity contribution in [3.63, 3.8) is 0 Å². The van der Waals surface area contributed by atoms with Crippen LogP contribution < -0.4 is 9.47 Å². The Hall–Kier alpha value is -2.49. The normalized spacial score (nSPS) is 12.0. The maximum Gasteiger partial charge on any atom is 0.461 e. The predicted octanol–water partition coefficient (Wildman–Crippen LogP) is 4.80. The van der Waals surface area contributed by atoms with E-state index in [1.54, 1.807) is 13.3 Å². The van der Waals surface area contributed by atoms with Gasteiger partial charge in [-0.15, -0.1) is 0 Å². The van der Waals surface area contributed by atoms with Crippen LogP contribution in [0.3, 0.4) is 0 Å². The van der Waals surface area contributed by atoms with Crippen LogP contribution in [0.5, 0.6) is 11.5 Å². The van der Waals surface area contributed by atoms with Gasteiger partial charge in [0.15, 0.2) is 5.16 Å². The zero-order chi connectivity index (χ0) is 19.6. The first-order chi connectivity index (χ1) is 12.8. The number of H-pyrrole nitrogens is 1. The first kappa shape index (κ1) is 19.3. The van der Waals surface area contributed by atoms with Gasteiger partial charge in [-0.05, 0) is 19.1 Å². The Balaban J connectivity index is 1.73. The monoisotopic (exact) mass is 401 g/mol. The third kappa shape index (κ3) is 4.44. The van der Waals surface area contributed by atoms with E-state index in [2.05, 4.69) is 19.7 Å². The molecule has 3 rings (SSSR count). The molecule has 0 aliphatic carbocycles. The van der Waals surface area contributed by atoms with Crippen molar-refractivity contribution in [2.45, 2.75) is 30.4 Å². The molecule has 0 radical (unpaired) electrons. The number of pyridine rings is 1. The minimum Gasteiger partial charge on any atom is -0.496 e. The van der Waals surface area contributed by atoms with Crippen LogP contribution in [0.2, 0.25) is 0 Å². The summed E-state index contributed by atoms with van der Waals surface area (Å²) in [5.41, 5.74) is 2.60. The number of hydrogen-bond acceptors (Lipinski definition) is 5. The maximum atomic E-state index is 13.0. The van der Waals surface area contributed by atoms with Crippen molar-refractivity contribution in [2.75, 3.05) is 7.11 Å². The molecule has 10 heteroatoms. The summed E-state index contributed by atoms with van der Waals surface area (Å²) >= 11 is 1.35. The van der Waals surface area contributed by atoms with Gasteiger partial charge in [0.25, 0.3) is 0 Å². The summed E-state index contributed by atoms with van der Waals surface area (Å²) in [5.74, 6) is 0.844. The Morgan fingerprint density at radius 2 is 2.04 bits per heavy atom. The van der Waals surface area contributed by atoms with Gasteiger partial charge in [-0.3, -0.25) is 4.98 Å². The second kappa shape index (κ2) is 7.63. The zero-order valence-electron chi connectivity index (χ0n) is 14.3. The Morgan fingerprint density at radius 3 is 2.74 bits per heavy atom. The zero-order valence-corrected chi connectivity index (χ0v) is 15.1. The molecule has 5 nitrogen and oxygen atoms in total. The van der Waals surface area contributed by atoms with E-state index in [1.807, 2.05) is 13.0 Å². The molecule has 0 saturated heterocycles. The van der Waals surface area contributed by atoms with Gasteiger partial charge in [-0.2, -0.15) is 17.6 Å². The van der Waals surface area contributed by atoms with Crippen LogP contribution in [0, 0.1) is 6.92 Å². The van der Waals surface area contributed by atoms with Crippen LogP contribution in [-0.4, -0.2) is 34.6 Å². The van der Waals surface area contributed by atoms with Crippen LogP contribution in [0.15, 0.2) is 35.6 Å². The molecule has 1 aromatic carbocycles. The number of thioether (sulfide) groups is 1. The molecule has 3 aromatic rings. The predicted molar refractivity (Wildman–Crippen MR) is 92.8 cm³/mol. The number of ether oxygens (including phenoxy) is 2. The number of aromatic nitrogens is 3. The molecule has 0 bridgehead atoms. The first-order valence-corrected chi connectivity index (χ1v) is 8.74. The van der Waals surface area contributed by atoms with Crippen LogP contribution in [0.4, 0.5) is 17.6 Å². The Kier molecular flexibility index (Phi) is 5.45. The van der Waals surface area contributed by atoms with E-state index >= 15 is 0 Å². The lowest BCUT2D eigenvalue weighted by Crippen LogP contribution is -2.33. The quantitative estimate of drug-likeness (QED) is 0.455. The number of aryl methyl sites for hydroxylation is 1. The van der Waals surface area contributed by atoms with Crippen molar-refractivity contribution in [3.8, 4) is 11.5 Å². The maximum absolute atomic E-state index is 13.0. The van der Waals surface area contributed by atoms with E-state index < -0.39 is 12.5 Å². The molecule has 0 amide bonds. The van der Waals surface area contributed by atoms with E-state index in [-0.39, 0.29) is 5.75 Å². The van der Waals surface area contributed by atoms with Gasteiger partial charge >= 0.3 is 12.5 Å². The Bertz CT molecular complexity index is 949. The smallest absolute Gasteiger partial charge is 0.461 e. The minimum atomic E-state index is -4.56. The summed E-state index contributed by atoms with van der Waals surface area (Å²) in [6.45, 7) is 1.89. The number of rotatable bonds is 7. The van der Waals surface area contributed by atoms with Crippen LogP contribution in [0.1, 0.15) is 11.3 Å². The molecular weight excluding hydrogens is 386 g/mol. The lowest BCUT2D eigenvalue weighted by atomic mass is 10.2. The van der Waals surface area contributed by atoms with E-state index in [1.165, 1.54) is 30.0 Å².